The summed E-state index contributed by atoms with van der Waals surface area (Å²) in [6.45, 7) is 11.8. The number of likely N-dealkylation sites (tertiary alicyclic amines) is 1. The lowest BCUT2D eigenvalue weighted by Crippen LogP contribution is -2.48. The van der Waals surface area contributed by atoms with Crippen LogP contribution < -0.4 is 0 Å². The number of ether oxygens (including phenoxy) is 1. The molecule has 0 bridgehead atoms. The highest BCUT2D eigenvalue weighted by Crippen LogP contribution is 2.29. The number of hydrogen-bond donors (Lipinski definition) is 0. The number of rotatable bonds is 2. The van der Waals surface area contributed by atoms with Gasteiger partial charge in [0.2, 0.25) is 0 Å². The zero-order valence-electron chi connectivity index (χ0n) is 12.9. The van der Waals surface area contributed by atoms with Crippen LogP contribution in [0.3, 0.4) is 0 Å². The predicted octanol–water partition coefficient (Wildman–Crippen LogP) is 1.96. The van der Waals surface area contributed by atoms with Crippen molar-refractivity contribution >= 4 is 11.3 Å². The number of aromatic nitrogens is 1. The molecule has 2 atom stereocenters. The first kappa shape index (κ1) is 14.4. The molecule has 2 saturated heterocycles. The summed E-state index contributed by atoms with van der Waals surface area (Å²) in [7, 11) is 2.22. The van der Waals surface area contributed by atoms with E-state index in [1.54, 1.807) is 0 Å². The lowest BCUT2D eigenvalue weighted by atomic mass is 9.98. The van der Waals surface area contributed by atoms with E-state index in [1.165, 1.54) is 9.88 Å². The van der Waals surface area contributed by atoms with E-state index in [4.69, 9.17) is 4.74 Å². The molecule has 0 N–H and O–H groups in total. The summed E-state index contributed by atoms with van der Waals surface area (Å²) in [6.07, 6.45) is 2.45. The Hall–Kier alpha value is -0.490. The van der Waals surface area contributed by atoms with Gasteiger partial charge in [0.05, 0.1) is 17.7 Å². The third-order valence-corrected chi connectivity index (χ3v) is 5.64. The summed E-state index contributed by atoms with van der Waals surface area (Å²) in [5.74, 6) is 0. The molecule has 0 radical (unpaired) electrons. The van der Waals surface area contributed by atoms with Gasteiger partial charge in [0, 0.05) is 48.7 Å². The molecule has 0 amide bonds. The van der Waals surface area contributed by atoms with Gasteiger partial charge in [0.15, 0.2) is 0 Å². The second kappa shape index (κ2) is 5.37. The first-order chi connectivity index (χ1) is 9.43. The van der Waals surface area contributed by atoms with Gasteiger partial charge in [-0.25, -0.2) is 4.98 Å². The Balaban J connectivity index is 1.63. The molecule has 5 heteroatoms. The fourth-order valence-electron chi connectivity index (χ4n) is 3.01. The standard InChI is InChI=1S/C15H25N3OS/c1-15(2,3)14-16-7-11(20-14)8-18-9-12-13(10-18)19-6-5-17(12)4/h7,12-13H,5-6,8-10H2,1-4H3/t12-,13+/m1/s1. The van der Waals surface area contributed by atoms with Crippen LogP contribution in [0.2, 0.25) is 0 Å². The third kappa shape index (κ3) is 2.91. The minimum Gasteiger partial charge on any atom is -0.374 e. The van der Waals surface area contributed by atoms with Crippen LogP contribution in [0.5, 0.6) is 0 Å². The normalized spacial score (nSPS) is 28.8. The molecule has 0 spiro atoms. The molecule has 1 aromatic rings. The van der Waals surface area contributed by atoms with Crippen LogP contribution in [0.15, 0.2) is 6.20 Å². The summed E-state index contributed by atoms with van der Waals surface area (Å²) < 4.78 is 5.90. The number of fused-ring (bicyclic) bond motifs is 1. The van der Waals surface area contributed by atoms with Crippen LogP contribution >= 0.6 is 11.3 Å². The van der Waals surface area contributed by atoms with Gasteiger partial charge < -0.3 is 4.74 Å². The van der Waals surface area contributed by atoms with Crippen molar-refractivity contribution in [1.29, 1.82) is 0 Å². The second-order valence-electron chi connectivity index (χ2n) is 7.03. The summed E-state index contributed by atoms with van der Waals surface area (Å²) in [4.78, 5) is 10.9. The summed E-state index contributed by atoms with van der Waals surface area (Å²) in [5.41, 5.74) is 0.158. The smallest absolute Gasteiger partial charge is 0.0981 e. The molecule has 0 aliphatic carbocycles. The first-order valence-corrected chi connectivity index (χ1v) is 8.24. The molecule has 1 aromatic heterocycles. The summed E-state index contributed by atoms with van der Waals surface area (Å²) >= 11 is 1.85. The fourth-order valence-corrected chi connectivity index (χ4v) is 4.02. The highest BCUT2D eigenvalue weighted by molar-refractivity contribution is 7.11. The summed E-state index contributed by atoms with van der Waals surface area (Å²) in [5, 5.41) is 1.23. The Morgan fingerprint density at radius 3 is 2.85 bits per heavy atom. The molecule has 3 heterocycles. The van der Waals surface area contributed by atoms with E-state index < -0.39 is 0 Å². The van der Waals surface area contributed by atoms with Crippen LogP contribution in [0.25, 0.3) is 0 Å². The number of hydrogen-bond acceptors (Lipinski definition) is 5. The summed E-state index contributed by atoms with van der Waals surface area (Å²) in [6, 6.07) is 0.568. The molecule has 3 rings (SSSR count). The number of thiazole rings is 1. The van der Waals surface area contributed by atoms with Crippen molar-refractivity contribution in [1.82, 2.24) is 14.8 Å². The van der Waals surface area contributed by atoms with Crippen molar-refractivity contribution in [3.05, 3.63) is 16.1 Å². The molecule has 2 aliphatic rings. The number of likely N-dealkylation sites (N-methyl/N-ethyl adjacent to an activating group) is 1. The topological polar surface area (TPSA) is 28.6 Å². The fraction of sp³-hybridized carbons (Fsp3) is 0.800. The first-order valence-electron chi connectivity index (χ1n) is 7.43. The van der Waals surface area contributed by atoms with Gasteiger partial charge >= 0.3 is 0 Å². The lowest BCUT2D eigenvalue weighted by molar-refractivity contribution is -0.0370. The van der Waals surface area contributed by atoms with E-state index in [0.29, 0.717) is 12.1 Å². The van der Waals surface area contributed by atoms with Crippen LogP contribution in [0.4, 0.5) is 0 Å². The monoisotopic (exact) mass is 295 g/mol. The minimum absolute atomic E-state index is 0.158. The third-order valence-electron chi connectivity index (χ3n) is 4.23. The zero-order chi connectivity index (χ0) is 14.3. The van der Waals surface area contributed by atoms with Gasteiger partial charge in [-0.1, -0.05) is 20.8 Å². The van der Waals surface area contributed by atoms with E-state index in [9.17, 15) is 0 Å². The van der Waals surface area contributed by atoms with Gasteiger partial charge in [-0.3, -0.25) is 9.80 Å². The molecule has 0 unspecified atom stereocenters. The van der Waals surface area contributed by atoms with Crippen molar-refractivity contribution in [3.8, 4) is 0 Å². The van der Waals surface area contributed by atoms with Crippen molar-refractivity contribution in [2.24, 2.45) is 0 Å². The van der Waals surface area contributed by atoms with Gasteiger partial charge in [-0.2, -0.15) is 0 Å². The predicted molar refractivity (Wildman–Crippen MR) is 82.2 cm³/mol. The molecular formula is C15H25N3OS. The number of nitrogens with zero attached hydrogens (tertiary/aromatic N) is 3. The van der Waals surface area contributed by atoms with E-state index in [-0.39, 0.29) is 5.41 Å². The number of morpholine rings is 1. The Labute approximate surface area is 125 Å². The zero-order valence-corrected chi connectivity index (χ0v) is 13.7. The maximum Gasteiger partial charge on any atom is 0.0981 e. The quantitative estimate of drug-likeness (QED) is 0.834. The lowest BCUT2D eigenvalue weighted by Gasteiger charge is -2.33. The molecule has 112 valence electrons. The van der Waals surface area contributed by atoms with E-state index >= 15 is 0 Å². The Morgan fingerprint density at radius 1 is 1.40 bits per heavy atom. The molecule has 0 saturated carbocycles. The van der Waals surface area contributed by atoms with Gasteiger partial charge in [-0.15, -0.1) is 11.3 Å². The Bertz CT molecular complexity index is 468. The van der Waals surface area contributed by atoms with E-state index in [1.807, 2.05) is 11.3 Å². The highest BCUT2D eigenvalue weighted by atomic mass is 32.1. The largest absolute Gasteiger partial charge is 0.374 e. The Kier molecular flexibility index (Phi) is 3.88. The van der Waals surface area contributed by atoms with E-state index in [2.05, 4.69) is 48.8 Å². The molecule has 4 nitrogen and oxygen atoms in total. The maximum atomic E-state index is 5.90. The van der Waals surface area contributed by atoms with E-state index in [0.717, 1.165) is 32.8 Å². The highest BCUT2D eigenvalue weighted by Gasteiger charge is 2.38. The average Bonchev–Trinajstić information content (AvgIpc) is 2.96. The van der Waals surface area contributed by atoms with Crippen molar-refractivity contribution in [3.63, 3.8) is 0 Å². The van der Waals surface area contributed by atoms with Crippen LogP contribution in [0.1, 0.15) is 30.7 Å². The SMILES string of the molecule is CN1CCO[C@H]2CN(Cc3cnc(C(C)(C)C)s3)C[C@H]21. The maximum absolute atomic E-state index is 5.90. The van der Waals surface area contributed by atoms with Crippen LogP contribution in [-0.4, -0.2) is 60.2 Å². The Morgan fingerprint density at radius 2 is 2.20 bits per heavy atom. The molecular weight excluding hydrogens is 270 g/mol. The van der Waals surface area contributed by atoms with Gasteiger partial charge in [0.1, 0.15) is 0 Å². The molecule has 20 heavy (non-hydrogen) atoms. The second-order valence-corrected chi connectivity index (χ2v) is 8.15. The van der Waals surface area contributed by atoms with Crippen LogP contribution in [-0.2, 0) is 16.7 Å². The van der Waals surface area contributed by atoms with Crippen LogP contribution in [0, 0.1) is 0 Å². The van der Waals surface area contributed by atoms with Crippen molar-refractivity contribution < 1.29 is 4.74 Å². The molecule has 2 fully saturated rings. The molecule has 2 aliphatic heterocycles. The van der Waals surface area contributed by atoms with Gasteiger partial charge in [-0.05, 0) is 7.05 Å². The van der Waals surface area contributed by atoms with Crippen molar-refractivity contribution in [2.45, 2.75) is 44.9 Å². The molecule has 0 aromatic carbocycles. The van der Waals surface area contributed by atoms with Gasteiger partial charge in [0.25, 0.3) is 0 Å². The van der Waals surface area contributed by atoms with Crippen molar-refractivity contribution in [2.75, 3.05) is 33.3 Å². The minimum atomic E-state index is 0.158. The average molecular weight is 295 g/mol.